The van der Waals surface area contributed by atoms with Gasteiger partial charge in [-0.1, -0.05) is 18.2 Å². The number of para-hydroxylation sites is 1. The first kappa shape index (κ1) is 15.9. The second-order valence-electron chi connectivity index (χ2n) is 2.44. The Hall–Kier alpha value is -1.55. The molecule has 0 amide bonds. The number of carbonyl (C=O) groups is 1. The Morgan fingerprint density at radius 1 is 1.13 bits per heavy atom. The van der Waals surface area contributed by atoms with Crippen LogP contribution in [0.15, 0.2) is 30.3 Å². The summed E-state index contributed by atoms with van der Waals surface area (Å²) in [5, 5.41) is 7.42. The van der Waals surface area contributed by atoms with Crippen LogP contribution in [0.4, 0.5) is 0 Å². The van der Waals surface area contributed by atoms with Crippen molar-refractivity contribution in [3.05, 3.63) is 30.3 Å². The number of carboxylic acid groups (broad SMARTS) is 1. The summed E-state index contributed by atoms with van der Waals surface area (Å²) in [4.78, 5) is 9.00. The fraction of sp³-hybridized carbons (Fsp3) is 0.364. The van der Waals surface area contributed by atoms with Gasteiger partial charge in [-0.15, -0.1) is 0 Å². The Morgan fingerprint density at radius 2 is 1.47 bits per heavy atom. The first-order valence-corrected chi connectivity index (χ1v) is 4.27. The minimum atomic E-state index is -0.833. The molecular formula is C11H18O4. The molecule has 0 aliphatic heterocycles. The minimum absolute atomic E-state index is 0.833. The van der Waals surface area contributed by atoms with E-state index in [1.807, 2.05) is 30.3 Å². The van der Waals surface area contributed by atoms with Gasteiger partial charge in [-0.25, -0.2) is 0 Å². The van der Waals surface area contributed by atoms with Gasteiger partial charge in [0, 0.05) is 21.1 Å². The van der Waals surface area contributed by atoms with Gasteiger partial charge in [0.2, 0.25) is 0 Å². The first-order valence-electron chi connectivity index (χ1n) is 4.27. The van der Waals surface area contributed by atoms with E-state index in [1.54, 1.807) is 21.3 Å². The van der Waals surface area contributed by atoms with E-state index in [2.05, 4.69) is 4.74 Å². The molecule has 0 fully saturated rings. The van der Waals surface area contributed by atoms with Crippen LogP contribution in [0.5, 0.6) is 5.75 Å². The van der Waals surface area contributed by atoms with Crippen LogP contribution >= 0.6 is 0 Å². The van der Waals surface area contributed by atoms with E-state index in [0.29, 0.717) is 0 Å². The Bertz CT molecular complexity index is 230. The fourth-order valence-electron chi connectivity index (χ4n) is 0.557. The lowest BCUT2D eigenvalue weighted by Gasteiger charge is -1.93. The third kappa shape index (κ3) is 19.0. The van der Waals surface area contributed by atoms with Crippen molar-refractivity contribution in [2.45, 2.75) is 6.92 Å². The van der Waals surface area contributed by atoms with Gasteiger partial charge in [0.15, 0.2) is 0 Å². The van der Waals surface area contributed by atoms with Gasteiger partial charge in [-0.2, -0.15) is 0 Å². The van der Waals surface area contributed by atoms with Crippen molar-refractivity contribution in [3.8, 4) is 5.75 Å². The number of aliphatic carboxylic acids is 1. The van der Waals surface area contributed by atoms with Crippen LogP contribution in [0.3, 0.4) is 0 Å². The summed E-state index contributed by atoms with van der Waals surface area (Å²) in [5.74, 6) is 0.0764. The number of hydrogen-bond acceptors (Lipinski definition) is 3. The summed E-state index contributed by atoms with van der Waals surface area (Å²) in [7, 11) is 4.91. The predicted molar refractivity (Wildman–Crippen MR) is 59.2 cm³/mol. The van der Waals surface area contributed by atoms with Crippen LogP contribution in [0.2, 0.25) is 0 Å². The summed E-state index contributed by atoms with van der Waals surface area (Å²) in [6, 6.07) is 9.68. The highest BCUT2D eigenvalue weighted by molar-refractivity contribution is 5.62. The molecule has 0 unspecified atom stereocenters. The van der Waals surface area contributed by atoms with E-state index < -0.39 is 5.97 Å². The lowest BCUT2D eigenvalue weighted by atomic mass is 10.3. The van der Waals surface area contributed by atoms with Crippen LogP contribution in [0.25, 0.3) is 0 Å². The molecule has 0 saturated heterocycles. The van der Waals surface area contributed by atoms with Crippen molar-refractivity contribution < 1.29 is 19.4 Å². The summed E-state index contributed by atoms with van der Waals surface area (Å²) in [5.41, 5.74) is 0. The van der Waals surface area contributed by atoms with Crippen molar-refractivity contribution in [1.82, 2.24) is 0 Å². The molecule has 0 aromatic heterocycles. The van der Waals surface area contributed by atoms with Crippen LogP contribution < -0.4 is 4.74 Å². The summed E-state index contributed by atoms with van der Waals surface area (Å²) in [6.45, 7) is 1.08. The van der Waals surface area contributed by atoms with E-state index in [4.69, 9.17) is 14.6 Å². The Balaban J connectivity index is 0. The molecule has 0 heterocycles. The molecule has 1 aromatic rings. The van der Waals surface area contributed by atoms with Crippen LogP contribution in [0, 0.1) is 0 Å². The molecule has 0 aliphatic rings. The summed E-state index contributed by atoms with van der Waals surface area (Å²) in [6.07, 6.45) is 0. The zero-order valence-electron chi connectivity index (χ0n) is 9.56. The van der Waals surface area contributed by atoms with Crippen LogP contribution in [0.1, 0.15) is 6.92 Å². The molecule has 1 rings (SSSR count). The van der Waals surface area contributed by atoms with Crippen LogP contribution in [-0.4, -0.2) is 32.4 Å². The van der Waals surface area contributed by atoms with Gasteiger partial charge >= 0.3 is 0 Å². The molecule has 1 aromatic carbocycles. The third-order valence-electron chi connectivity index (χ3n) is 0.979. The molecule has 0 saturated carbocycles. The Kier molecular flexibility index (Phi) is 13.2. The molecule has 15 heavy (non-hydrogen) atoms. The number of ether oxygens (including phenoxy) is 2. The number of methoxy groups -OCH3 is 2. The summed E-state index contributed by atoms with van der Waals surface area (Å²) < 4.78 is 9.16. The second-order valence-corrected chi connectivity index (χ2v) is 2.44. The van der Waals surface area contributed by atoms with Gasteiger partial charge in [-0.3, -0.25) is 4.79 Å². The van der Waals surface area contributed by atoms with Crippen molar-refractivity contribution in [1.29, 1.82) is 0 Å². The maximum Gasteiger partial charge on any atom is 0.300 e. The second kappa shape index (κ2) is 12.4. The van der Waals surface area contributed by atoms with E-state index in [-0.39, 0.29) is 0 Å². The van der Waals surface area contributed by atoms with Gasteiger partial charge in [-0.05, 0) is 12.1 Å². The van der Waals surface area contributed by atoms with Crippen molar-refractivity contribution >= 4 is 5.97 Å². The SMILES string of the molecule is CC(=O)O.COC.COc1ccccc1. The third-order valence-corrected chi connectivity index (χ3v) is 0.979. The maximum absolute atomic E-state index is 9.00. The maximum atomic E-state index is 9.00. The molecule has 4 nitrogen and oxygen atoms in total. The largest absolute Gasteiger partial charge is 0.497 e. The van der Waals surface area contributed by atoms with E-state index in [9.17, 15) is 0 Å². The molecule has 0 radical (unpaired) electrons. The zero-order chi connectivity index (χ0) is 12.1. The average molecular weight is 214 g/mol. The highest BCUT2D eigenvalue weighted by atomic mass is 16.5. The number of hydrogen-bond donors (Lipinski definition) is 1. The molecule has 86 valence electrons. The first-order chi connectivity index (χ1) is 7.08. The lowest BCUT2D eigenvalue weighted by molar-refractivity contribution is -0.134. The van der Waals surface area contributed by atoms with Gasteiger partial charge in [0.1, 0.15) is 5.75 Å². The fourth-order valence-corrected chi connectivity index (χ4v) is 0.557. The quantitative estimate of drug-likeness (QED) is 0.777. The Labute approximate surface area is 90.5 Å². The van der Waals surface area contributed by atoms with E-state index in [0.717, 1.165) is 12.7 Å². The standard InChI is InChI=1S/C7H8O.C2H4O2.C2H6O/c1-8-7-5-3-2-4-6-7;1-2(3)4;1-3-2/h2-6H,1H3;1H3,(H,3,4);1-2H3. The van der Waals surface area contributed by atoms with Crippen molar-refractivity contribution in [2.24, 2.45) is 0 Å². The van der Waals surface area contributed by atoms with Crippen molar-refractivity contribution in [3.63, 3.8) is 0 Å². The van der Waals surface area contributed by atoms with Crippen LogP contribution in [-0.2, 0) is 9.53 Å². The molecule has 0 atom stereocenters. The number of carboxylic acids is 1. The molecule has 0 bridgehead atoms. The summed E-state index contributed by atoms with van der Waals surface area (Å²) >= 11 is 0. The molecule has 0 spiro atoms. The monoisotopic (exact) mass is 214 g/mol. The topological polar surface area (TPSA) is 55.8 Å². The van der Waals surface area contributed by atoms with Gasteiger partial charge in [0.05, 0.1) is 7.11 Å². The normalized spacial score (nSPS) is 7.47. The zero-order valence-corrected chi connectivity index (χ0v) is 9.56. The molecule has 1 N–H and O–H groups in total. The minimum Gasteiger partial charge on any atom is -0.497 e. The molecular weight excluding hydrogens is 196 g/mol. The van der Waals surface area contributed by atoms with Gasteiger partial charge < -0.3 is 14.6 Å². The smallest absolute Gasteiger partial charge is 0.300 e. The van der Waals surface area contributed by atoms with E-state index >= 15 is 0 Å². The number of rotatable bonds is 1. The average Bonchev–Trinajstić information content (AvgIpc) is 2.19. The van der Waals surface area contributed by atoms with Gasteiger partial charge in [0.25, 0.3) is 5.97 Å². The predicted octanol–water partition coefficient (Wildman–Crippen LogP) is 2.05. The van der Waals surface area contributed by atoms with E-state index in [1.165, 1.54) is 0 Å². The lowest BCUT2D eigenvalue weighted by Crippen LogP contribution is -1.78. The highest BCUT2D eigenvalue weighted by Gasteiger charge is 1.80. The Morgan fingerprint density at radius 3 is 1.67 bits per heavy atom. The number of benzene rings is 1. The highest BCUT2D eigenvalue weighted by Crippen LogP contribution is 2.05. The molecule has 0 aliphatic carbocycles. The van der Waals surface area contributed by atoms with Crippen molar-refractivity contribution in [2.75, 3.05) is 21.3 Å². The molecule has 4 heteroatoms.